The number of rotatable bonds is 5. The van der Waals surface area contributed by atoms with E-state index in [0.29, 0.717) is 15.7 Å². The van der Waals surface area contributed by atoms with Crippen molar-refractivity contribution in [2.75, 3.05) is 11.1 Å². The lowest BCUT2D eigenvalue weighted by Gasteiger charge is -2.11. The minimum Gasteiger partial charge on any atom is -0.325 e. The van der Waals surface area contributed by atoms with Crippen LogP contribution in [0.1, 0.15) is 25.7 Å². The molecule has 2 rings (SSSR count). The van der Waals surface area contributed by atoms with Crippen LogP contribution in [-0.2, 0) is 4.79 Å². The van der Waals surface area contributed by atoms with Gasteiger partial charge >= 0.3 is 0 Å². The normalized spacial score (nSPS) is 11.0. The summed E-state index contributed by atoms with van der Waals surface area (Å²) in [6, 6.07) is 5.21. The van der Waals surface area contributed by atoms with Crippen molar-refractivity contribution in [3.63, 3.8) is 0 Å². The number of anilines is 1. The van der Waals surface area contributed by atoms with Crippen molar-refractivity contribution in [2.24, 2.45) is 0 Å². The third-order valence-electron chi connectivity index (χ3n) is 2.89. The molecule has 0 aliphatic heterocycles. The Morgan fingerprint density at radius 1 is 1.32 bits per heavy atom. The van der Waals surface area contributed by atoms with Crippen molar-refractivity contribution in [3.05, 3.63) is 34.1 Å². The fourth-order valence-corrected chi connectivity index (χ4v) is 3.15. The van der Waals surface area contributed by atoms with Gasteiger partial charge in [-0.3, -0.25) is 4.79 Å². The van der Waals surface area contributed by atoms with Gasteiger partial charge in [0, 0.05) is 11.7 Å². The molecule has 1 aromatic carbocycles. The Kier molecular flexibility index (Phi) is 5.72. The van der Waals surface area contributed by atoms with Crippen LogP contribution in [0.5, 0.6) is 0 Å². The summed E-state index contributed by atoms with van der Waals surface area (Å²) in [5.74, 6) is 0.937. The minimum absolute atomic E-state index is 0.139. The van der Waals surface area contributed by atoms with Crippen molar-refractivity contribution in [3.8, 4) is 0 Å². The second-order valence-corrected chi connectivity index (χ2v) is 6.72. The molecule has 8 heteroatoms. The first kappa shape index (κ1) is 17.1. The zero-order chi connectivity index (χ0) is 16.3. The van der Waals surface area contributed by atoms with Crippen molar-refractivity contribution in [1.82, 2.24) is 14.8 Å². The van der Waals surface area contributed by atoms with Crippen LogP contribution >= 0.6 is 35.0 Å². The van der Waals surface area contributed by atoms with E-state index in [4.69, 9.17) is 23.2 Å². The third kappa shape index (κ3) is 4.15. The molecule has 22 heavy (non-hydrogen) atoms. The van der Waals surface area contributed by atoms with Crippen LogP contribution in [0.25, 0.3) is 0 Å². The standard InChI is InChI=1S/C14H16Cl2N4OS/c1-8(2)20-9(3)18-19-14(20)22-7-13(21)17-10-4-5-11(15)12(16)6-10/h4-6,8H,7H2,1-3H3,(H,17,21). The smallest absolute Gasteiger partial charge is 0.234 e. The molecule has 0 atom stereocenters. The average Bonchev–Trinajstić information content (AvgIpc) is 2.82. The number of nitrogens with zero attached hydrogens (tertiary/aromatic N) is 3. The molecular weight excluding hydrogens is 343 g/mol. The molecule has 1 heterocycles. The van der Waals surface area contributed by atoms with E-state index < -0.39 is 0 Å². The Morgan fingerprint density at radius 3 is 2.68 bits per heavy atom. The van der Waals surface area contributed by atoms with Gasteiger partial charge in [0.2, 0.25) is 5.91 Å². The highest BCUT2D eigenvalue weighted by atomic mass is 35.5. The lowest BCUT2D eigenvalue weighted by molar-refractivity contribution is -0.113. The van der Waals surface area contributed by atoms with E-state index in [-0.39, 0.29) is 17.7 Å². The highest BCUT2D eigenvalue weighted by Crippen LogP contribution is 2.25. The van der Waals surface area contributed by atoms with Crippen LogP contribution in [0, 0.1) is 6.92 Å². The first-order chi connectivity index (χ1) is 10.4. The number of nitrogens with one attached hydrogen (secondary N) is 1. The lowest BCUT2D eigenvalue weighted by Crippen LogP contribution is -2.15. The maximum absolute atomic E-state index is 12.0. The summed E-state index contributed by atoms with van der Waals surface area (Å²) in [6.07, 6.45) is 0. The Bertz CT molecular complexity index is 687. The zero-order valence-electron chi connectivity index (χ0n) is 12.4. The molecule has 1 aromatic heterocycles. The van der Waals surface area contributed by atoms with Gasteiger partial charge in [0.1, 0.15) is 5.82 Å². The molecule has 0 saturated carbocycles. The number of aromatic nitrogens is 3. The van der Waals surface area contributed by atoms with Crippen LogP contribution in [0.4, 0.5) is 5.69 Å². The number of aryl methyl sites for hydroxylation is 1. The van der Waals surface area contributed by atoms with Gasteiger partial charge in [-0.2, -0.15) is 0 Å². The summed E-state index contributed by atoms with van der Waals surface area (Å²) in [7, 11) is 0. The van der Waals surface area contributed by atoms with E-state index in [1.807, 2.05) is 11.5 Å². The SMILES string of the molecule is Cc1nnc(SCC(=O)Nc2ccc(Cl)c(Cl)c2)n1C(C)C. The first-order valence-electron chi connectivity index (χ1n) is 6.67. The van der Waals surface area contributed by atoms with E-state index in [1.54, 1.807) is 18.2 Å². The maximum Gasteiger partial charge on any atom is 0.234 e. The second kappa shape index (κ2) is 7.35. The molecule has 118 valence electrons. The number of benzene rings is 1. The van der Waals surface area contributed by atoms with E-state index >= 15 is 0 Å². The van der Waals surface area contributed by atoms with Crippen LogP contribution in [-0.4, -0.2) is 26.4 Å². The number of carbonyl (C=O) groups excluding carboxylic acids is 1. The number of hydrogen-bond acceptors (Lipinski definition) is 4. The summed E-state index contributed by atoms with van der Waals surface area (Å²) < 4.78 is 2.00. The molecular formula is C14H16Cl2N4OS. The van der Waals surface area contributed by atoms with Gasteiger partial charge in [-0.1, -0.05) is 35.0 Å². The van der Waals surface area contributed by atoms with Crippen molar-refractivity contribution < 1.29 is 4.79 Å². The molecule has 0 radical (unpaired) electrons. The van der Waals surface area contributed by atoms with Crippen LogP contribution in [0.2, 0.25) is 10.0 Å². The fraction of sp³-hybridized carbons (Fsp3) is 0.357. The first-order valence-corrected chi connectivity index (χ1v) is 8.42. The Morgan fingerprint density at radius 2 is 2.05 bits per heavy atom. The van der Waals surface area contributed by atoms with Gasteiger partial charge in [0.05, 0.1) is 15.8 Å². The van der Waals surface area contributed by atoms with Crippen LogP contribution < -0.4 is 5.32 Å². The van der Waals surface area contributed by atoms with E-state index in [0.717, 1.165) is 11.0 Å². The summed E-state index contributed by atoms with van der Waals surface area (Å²) in [4.78, 5) is 12.0. The molecule has 0 unspecified atom stereocenters. The molecule has 0 bridgehead atoms. The summed E-state index contributed by atoms with van der Waals surface area (Å²) in [6.45, 7) is 6.00. The molecule has 0 aliphatic rings. The predicted molar refractivity (Wildman–Crippen MR) is 91.0 cm³/mol. The monoisotopic (exact) mass is 358 g/mol. The quantitative estimate of drug-likeness (QED) is 0.813. The topological polar surface area (TPSA) is 59.8 Å². The molecule has 0 spiro atoms. The maximum atomic E-state index is 12.0. The minimum atomic E-state index is -0.139. The summed E-state index contributed by atoms with van der Waals surface area (Å²) in [5.41, 5.74) is 0.613. The zero-order valence-corrected chi connectivity index (χ0v) is 14.8. The van der Waals surface area contributed by atoms with Crippen molar-refractivity contribution >= 4 is 46.6 Å². The van der Waals surface area contributed by atoms with Crippen molar-refractivity contribution in [1.29, 1.82) is 0 Å². The van der Waals surface area contributed by atoms with Gasteiger partial charge in [-0.25, -0.2) is 0 Å². The Hall–Kier alpha value is -1.24. The molecule has 2 aromatic rings. The van der Waals surface area contributed by atoms with Gasteiger partial charge in [0.25, 0.3) is 0 Å². The molecule has 0 aliphatic carbocycles. The Labute approximate surface area is 143 Å². The number of halogens is 2. The molecule has 0 fully saturated rings. The number of carbonyl (C=O) groups is 1. The van der Waals surface area contributed by atoms with Gasteiger partial charge in [0.15, 0.2) is 5.16 Å². The molecule has 1 N–H and O–H groups in total. The van der Waals surface area contributed by atoms with Crippen LogP contribution in [0.15, 0.2) is 23.4 Å². The third-order valence-corrected chi connectivity index (χ3v) is 4.57. The average molecular weight is 359 g/mol. The largest absolute Gasteiger partial charge is 0.325 e. The Balaban J connectivity index is 1.97. The molecule has 0 saturated heterocycles. The molecule has 5 nitrogen and oxygen atoms in total. The highest BCUT2D eigenvalue weighted by Gasteiger charge is 2.14. The van der Waals surface area contributed by atoms with Gasteiger partial charge in [-0.15, -0.1) is 10.2 Å². The lowest BCUT2D eigenvalue weighted by atomic mass is 10.3. The number of thioether (sulfide) groups is 1. The van der Waals surface area contributed by atoms with Crippen LogP contribution in [0.3, 0.4) is 0 Å². The van der Waals surface area contributed by atoms with E-state index in [2.05, 4.69) is 29.4 Å². The molecule has 1 amide bonds. The fourth-order valence-electron chi connectivity index (χ4n) is 1.94. The van der Waals surface area contributed by atoms with E-state index in [1.165, 1.54) is 11.8 Å². The van der Waals surface area contributed by atoms with E-state index in [9.17, 15) is 4.79 Å². The van der Waals surface area contributed by atoms with Gasteiger partial charge < -0.3 is 9.88 Å². The predicted octanol–water partition coefficient (Wildman–Crippen LogP) is 4.21. The summed E-state index contributed by atoms with van der Waals surface area (Å²) >= 11 is 13.1. The van der Waals surface area contributed by atoms with Crippen molar-refractivity contribution in [2.45, 2.75) is 32.0 Å². The number of amides is 1. The van der Waals surface area contributed by atoms with Gasteiger partial charge in [-0.05, 0) is 39.0 Å². The second-order valence-electron chi connectivity index (χ2n) is 4.96. The summed E-state index contributed by atoms with van der Waals surface area (Å²) in [5, 5.41) is 12.5. The number of hydrogen-bond donors (Lipinski definition) is 1. The highest BCUT2D eigenvalue weighted by molar-refractivity contribution is 7.99.